The molecule has 0 unspecified atom stereocenters. The van der Waals surface area contributed by atoms with Crippen LogP contribution in [0.3, 0.4) is 0 Å². The number of ketones is 1. The molecule has 0 radical (unpaired) electrons. The molecule has 2 rings (SSSR count). The molecule has 1 aromatic heterocycles. The normalized spacial score (nSPS) is 10.2. The van der Waals surface area contributed by atoms with Crippen LogP contribution in [-0.2, 0) is 6.42 Å². The number of carbonyl (C=O) groups excluding carboxylic acids is 1. The van der Waals surface area contributed by atoms with Gasteiger partial charge >= 0.3 is 0 Å². The summed E-state index contributed by atoms with van der Waals surface area (Å²) in [5, 5.41) is 0. The van der Waals surface area contributed by atoms with Crippen LogP contribution in [0.15, 0.2) is 46.9 Å². The van der Waals surface area contributed by atoms with Crippen LogP contribution in [0, 0.1) is 0 Å². The first-order valence-electron chi connectivity index (χ1n) is 4.99. The van der Waals surface area contributed by atoms with Crippen molar-refractivity contribution >= 4 is 5.78 Å². The Bertz CT molecular complexity index is 454. The largest absolute Gasteiger partial charge is 0.458 e. The predicted octanol–water partition coefficient (Wildman–Crippen LogP) is 3.07. The molecular formula is C13H12O2. The zero-order chi connectivity index (χ0) is 10.7. The summed E-state index contributed by atoms with van der Waals surface area (Å²) in [6.07, 6.45) is 0.808. The van der Waals surface area contributed by atoms with E-state index in [0.29, 0.717) is 11.3 Å². The molecule has 76 valence electrons. The SMILES string of the molecule is CCc1ccc(C(=O)c2ccccc2)o1. The van der Waals surface area contributed by atoms with Crippen molar-refractivity contribution in [2.45, 2.75) is 13.3 Å². The van der Waals surface area contributed by atoms with Gasteiger partial charge in [-0.05, 0) is 12.1 Å². The first kappa shape index (κ1) is 9.71. The monoisotopic (exact) mass is 200 g/mol. The van der Waals surface area contributed by atoms with E-state index in [1.165, 1.54) is 0 Å². The smallest absolute Gasteiger partial charge is 0.228 e. The highest BCUT2D eigenvalue weighted by Crippen LogP contribution is 2.13. The fourth-order valence-corrected chi connectivity index (χ4v) is 1.42. The van der Waals surface area contributed by atoms with Gasteiger partial charge in [0.25, 0.3) is 0 Å². The number of hydrogen-bond acceptors (Lipinski definition) is 2. The molecule has 1 aromatic carbocycles. The van der Waals surface area contributed by atoms with Gasteiger partial charge < -0.3 is 4.42 Å². The Morgan fingerprint density at radius 1 is 1.13 bits per heavy atom. The van der Waals surface area contributed by atoms with Crippen molar-refractivity contribution in [2.24, 2.45) is 0 Å². The molecular weight excluding hydrogens is 188 g/mol. The van der Waals surface area contributed by atoms with E-state index in [-0.39, 0.29) is 5.78 Å². The topological polar surface area (TPSA) is 30.2 Å². The number of benzene rings is 1. The molecule has 2 heteroatoms. The fourth-order valence-electron chi connectivity index (χ4n) is 1.42. The zero-order valence-corrected chi connectivity index (χ0v) is 8.57. The zero-order valence-electron chi connectivity index (χ0n) is 8.57. The summed E-state index contributed by atoms with van der Waals surface area (Å²) < 4.78 is 5.40. The Morgan fingerprint density at radius 2 is 1.87 bits per heavy atom. The third kappa shape index (κ3) is 1.99. The summed E-state index contributed by atoms with van der Waals surface area (Å²) in [6.45, 7) is 2.00. The van der Waals surface area contributed by atoms with Crippen LogP contribution >= 0.6 is 0 Å². The lowest BCUT2D eigenvalue weighted by molar-refractivity contribution is 0.101. The maximum atomic E-state index is 11.9. The molecule has 1 heterocycles. The maximum Gasteiger partial charge on any atom is 0.228 e. The Balaban J connectivity index is 2.29. The van der Waals surface area contributed by atoms with Crippen molar-refractivity contribution in [2.75, 3.05) is 0 Å². The van der Waals surface area contributed by atoms with Crippen LogP contribution in [-0.4, -0.2) is 5.78 Å². The minimum Gasteiger partial charge on any atom is -0.458 e. The molecule has 2 nitrogen and oxygen atoms in total. The minimum atomic E-state index is -0.0599. The average molecular weight is 200 g/mol. The first-order valence-corrected chi connectivity index (χ1v) is 4.99. The van der Waals surface area contributed by atoms with Gasteiger partial charge in [0.1, 0.15) is 5.76 Å². The van der Waals surface area contributed by atoms with Crippen LogP contribution in [0.25, 0.3) is 0 Å². The number of carbonyl (C=O) groups is 1. The van der Waals surface area contributed by atoms with Crippen LogP contribution in [0.4, 0.5) is 0 Å². The summed E-state index contributed by atoms with van der Waals surface area (Å²) in [6, 6.07) is 12.7. The average Bonchev–Trinajstić information content (AvgIpc) is 2.78. The number of hydrogen-bond donors (Lipinski definition) is 0. The van der Waals surface area contributed by atoms with Gasteiger partial charge in [0.15, 0.2) is 5.76 Å². The first-order chi connectivity index (χ1) is 7.31. The van der Waals surface area contributed by atoms with E-state index in [2.05, 4.69) is 0 Å². The van der Waals surface area contributed by atoms with E-state index in [0.717, 1.165) is 12.2 Å². The van der Waals surface area contributed by atoms with Gasteiger partial charge in [-0.15, -0.1) is 0 Å². The molecule has 0 spiro atoms. The van der Waals surface area contributed by atoms with Gasteiger partial charge in [-0.3, -0.25) is 4.79 Å². The standard InChI is InChI=1S/C13H12O2/c1-2-11-8-9-12(15-11)13(14)10-6-4-3-5-7-10/h3-9H,2H2,1H3. The molecule has 0 aliphatic heterocycles. The van der Waals surface area contributed by atoms with Crippen molar-refractivity contribution < 1.29 is 9.21 Å². The Kier molecular flexibility index (Phi) is 2.68. The molecule has 0 atom stereocenters. The molecule has 0 saturated carbocycles. The van der Waals surface area contributed by atoms with Crippen molar-refractivity contribution in [1.82, 2.24) is 0 Å². The van der Waals surface area contributed by atoms with Crippen molar-refractivity contribution in [3.8, 4) is 0 Å². The second-order valence-corrected chi connectivity index (χ2v) is 3.31. The molecule has 0 fully saturated rings. The second-order valence-electron chi connectivity index (χ2n) is 3.31. The number of furan rings is 1. The van der Waals surface area contributed by atoms with Crippen molar-refractivity contribution in [3.63, 3.8) is 0 Å². The van der Waals surface area contributed by atoms with Gasteiger partial charge in [0.2, 0.25) is 5.78 Å². The van der Waals surface area contributed by atoms with Crippen molar-refractivity contribution in [3.05, 3.63) is 59.5 Å². The van der Waals surface area contributed by atoms with Crippen molar-refractivity contribution in [1.29, 1.82) is 0 Å². The van der Waals surface area contributed by atoms with Gasteiger partial charge in [-0.25, -0.2) is 0 Å². The summed E-state index contributed by atoms with van der Waals surface area (Å²) in [4.78, 5) is 11.9. The van der Waals surface area contributed by atoms with Crippen LogP contribution in [0.5, 0.6) is 0 Å². The van der Waals surface area contributed by atoms with Crippen LogP contribution in [0.2, 0.25) is 0 Å². The third-order valence-corrected chi connectivity index (χ3v) is 2.27. The second kappa shape index (κ2) is 4.13. The van der Waals surface area contributed by atoms with E-state index in [4.69, 9.17) is 4.42 Å². The fraction of sp³-hybridized carbons (Fsp3) is 0.154. The molecule has 15 heavy (non-hydrogen) atoms. The summed E-state index contributed by atoms with van der Waals surface area (Å²) >= 11 is 0. The van der Waals surface area contributed by atoms with Gasteiger partial charge in [-0.2, -0.15) is 0 Å². The van der Waals surface area contributed by atoms with E-state index in [1.807, 2.05) is 31.2 Å². The minimum absolute atomic E-state index is 0.0599. The van der Waals surface area contributed by atoms with E-state index < -0.39 is 0 Å². The molecule has 0 amide bonds. The van der Waals surface area contributed by atoms with E-state index >= 15 is 0 Å². The molecule has 0 aliphatic carbocycles. The third-order valence-electron chi connectivity index (χ3n) is 2.27. The number of aryl methyl sites for hydroxylation is 1. The van der Waals surface area contributed by atoms with E-state index in [9.17, 15) is 4.79 Å². The highest BCUT2D eigenvalue weighted by molar-refractivity contribution is 6.07. The molecule has 0 saturated heterocycles. The predicted molar refractivity (Wildman–Crippen MR) is 58.0 cm³/mol. The lowest BCUT2D eigenvalue weighted by Gasteiger charge is -1.96. The Labute approximate surface area is 88.5 Å². The highest BCUT2D eigenvalue weighted by Gasteiger charge is 2.12. The van der Waals surface area contributed by atoms with E-state index in [1.54, 1.807) is 18.2 Å². The molecule has 2 aromatic rings. The Hall–Kier alpha value is -1.83. The number of rotatable bonds is 3. The molecule has 0 N–H and O–H groups in total. The molecule has 0 bridgehead atoms. The summed E-state index contributed by atoms with van der Waals surface area (Å²) in [5.41, 5.74) is 0.662. The lowest BCUT2D eigenvalue weighted by Crippen LogP contribution is -1.98. The summed E-state index contributed by atoms with van der Waals surface area (Å²) in [7, 11) is 0. The quantitative estimate of drug-likeness (QED) is 0.713. The Morgan fingerprint density at radius 3 is 2.47 bits per heavy atom. The van der Waals surface area contributed by atoms with Gasteiger partial charge in [0.05, 0.1) is 0 Å². The summed E-state index contributed by atoms with van der Waals surface area (Å²) in [5.74, 6) is 1.20. The highest BCUT2D eigenvalue weighted by atomic mass is 16.3. The molecule has 0 aliphatic rings. The maximum absolute atomic E-state index is 11.9. The van der Waals surface area contributed by atoms with Crippen LogP contribution in [0.1, 0.15) is 28.8 Å². The van der Waals surface area contributed by atoms with Gasteiger partial charge in [-0.1, -0.05) is 37.3 Å². The van der Waals surface area contributed by atoms with Crippen LogP contribution < -0.4 is 0 Å². The lowest BCUT2D eigenvalue weighted by atomic mass is 10.1. The van der Waals surface area contributed by atoms with Gasteiger partial charge in [0, 0.05) is 12.0 Å².